The maximum Gasteiger partial charge on any atom is 0.338 e. The maximum atomic E-state index is 12.6. The molecule has 6 heteroatoms. The van der Waals surface area contributed by atoms with E-state index >= 15 is 0 Å². The van der Waals surface area contributed by atoms with Crippen molar-refractivity contribution in [2.75, 3.05) is 11.9 Å². The number of hydrogen-bond donors (Lipinski definition) is 1. The second-order valence-electron chi connectivity index (χ2n) is 6.62. The summed E-state index contributed by atoms with van der Waals surface area (Å²) in [5, 5.41) is 2.77. The van der Waals surface area contributed by atoms with Crippen LogP contribution in [-0.4, -0.2) is 23.1 Å². The van der Waals surface area contributed by atoms with Crippen LogP contribution in [0.1, 0.15) is 38.8 Å². The van der Waals surface area contributed by atoms with Crippen LogP contribution in [0.2, 0.25) is 0 Å². The van der Waals surface area contributed by atoms with Crippen molar-refractivity contribution >= 4 is 17.6 Å². The number of aromatic nitrogens is 1. The number of aryl methyl sites for hydroxylation is 1. The summed E-state index contributed by atoms with van der Waals surface area (Å²) in [7, 11) is 0. The molecule has 0 fully saturated rings. The number of benzene rings is 2. The van der Waals surface area contributed by atoms with Crippen LogP contribution in [0.4, 0.5) is 5.69 Å². The summed E-state index contributed by atoms with van der Waals surface area (Å²) in [5.74, 6) is -0.750. The minimum atomic E-state index is -0.409. The molecule has 0 aliphatic carbocycles. The third kappa shape index (κ3) is 5.19. The number of carbonyl (C=O) groups excluding carboxylic acids is 2. The molecule has 0 aliphatic rings. The fourth-order valence-electron chi connectivity index (χ4n) is 2.79. The van der Waals surface area contributed by atoms with Crippen LogP contribution in [-0.2, 0) is 11.3 Å². The molecule has 3 rings (SSSR count). The predicted molar refractivity (Wildman–Crippen MR) is 111 cm³/mol. The molecular weight excluding hydrogens is 368 g/mol. The van der Waals surface area contributed by atoms with E-state index in [1.807, 2.05) is 31.2 Å². The molecule has 0 saturated heterocycles. The van der Waals surface area contributed by atoms with Crippen LogP contribution < -0.4 is 10.9 Å². The lowest BCUT2D eigenvalue weighted by atomic mass is 10.1. The number of anilines is 1. The van der Waals surface area contributed by atoms with Gasteiger partial charge in [-0.3, -0.25) is 9.59 Å². The monoisotopic (exact) mass is 390 g/mol. The molecule has 6 nitrogen and oxygen atoms in total. The topological polar surface area (TPSA) is 77.4 Å². The van der Waals surface area contributed by atoms with Crippen LogP contribution in [0.15, 0.2) is 71.7 Å². The van der Waals surface area contributed by atoms with Crippen molar-refractivity contribution in [3.05, 3.63) is 99.5 Å². The molecule has 148 valence electrons. The first-order valence-electron chi connectivity index (χ1n) is 9.31. The Morgan fingerprint density at radius 2 is 1.59 bits per heavy atom. The zero-order valence-electron chi connectivity index (χ0n) is 16.3. The van der Waals surface area contributed by atoms with Gasteiger partial charge in [0.25, 0.3) is 11.5 Å². The molecule has 0 aliphatic heterocycles. The lowest BCUT2D eigenvalue weighted by Gasteiger charge is -2.10. The Bertz CT molecular complexity index is 1070. The third-order valence-corrected chi connectivity index (χ3v) is 4.37. The first kappa shape index (κ1) is 20.1. The Morgan fingerprint density at radius 3 is 2.24 bits per heavy atom. The van der Waals surface area contributed by atoms with Crippen molar-refractivity contribution in [2.45, 2.75) is 20.4 Å². The number of rotatable bonds is 6. The Kier molecular flexibility index (Phi) is 6.24. The maximum absolute atomic E-state index is 12.6. The van der Waals surface area contributed by atoms with Gasteiger partial charge < -0.3 is 14.6 Å². The molecule has 0 atom stereocenters. The van der Waals surface area contributed by atoms with Crippen LogP contribution in [0.5, 0.6) is 0 Å². The van der Waals surface area contributed by atoms with Gasteiger partial charge in [0, 0.05) is 18.0 Å². The lowest BCUT2D eigenvalue weighted by molar-refractivity contribution is 0.0526. The van der Waals surface area contributed by atoms with Gasteiger partial charge in [-0.05, 0) is 49.7 Å². The van der Waals surface area contributed by atoms with Gasteiger partial charge in [-0.2, -0.15) is 0 Å². The van der Waals surface area contributed by atoms with E-state index in [1.165, 1.54) is 16.7 Å². The lowest BCUT2D eigenvalue weighted by Crippen LogP contribution is -2.22. The Balaban J connectivity index is 1.73. The highest BCUT2D eigenvalue weighted by atomic mass is 16.5. The van der Waals surface area contributed by atoms with E-state index in [-0.39, 0.29) is 11.5 Å². The minimum Gasteiger partial charge on any atom is -0.462 e. The summed E-state index contributed by atoms with van der Waals surface area (Å²) in [6.07, 6.45) is 1.55. The van der Waals surface area contributed by atoms with Crippen LogP contribution in [0.25, 0.3) is 0 Å². The summed E-state index contributed by atoms with van der Waals surface area (Å²) < 4.78 is 6.44. The SMILES string of the molecule is CCOC(=O)c1ccc(NC(=O)c2ccc(=O)n(Cc3ccc(C)cc3)c2)cc1. The Morgan fingerprint density at radius 1 is 0.931 bits per heavy atom. The van der Waals surface area contributed by atoms with E-state index in [0.29, 0.717) is 30.0 Å². The molecule has 0 spiro atoms. The van der Waals surface area contributed by atoms with E-state index in [2.05, 4.69) is 5.32 Å². The second kappa shape index (κ2) is 9.01. The van der Waals surface area contributed by atoms with Crippen molar-refractivity contribution in [1.29, 1.82) is 0 Å². The van der Waals surface area contributed by atoms with E-state index in [1.54, 1.807) is 37.4 Å². The van der Waals surface area contributed by atoms with Gasteiger partial charge >= 0.3 is 5.97 Å². The number of amides is 1. The fraction of sp³-hybridized carbons (Fsp3) is 0.174. The van der Waals surface area contributed by atoms with Crippen molar-refractivity contribution in [1.82, 2.24) is 4.57 Å². The number of hydrogen-bond acceptors (Lipinski definition) is 4. The Labute approximate surface area is 168 Å². The number of nitrogens with one attached hydrogen (secondary N) is 1. The number of nitrogens with zero attached hydrogens (tertiary/aromatic N) is 1. The molecule has 29 heavy (non-hydrogen) atoms. The van der Waals surface area contributed by atoms with Gasteiger partial charge in [0.05, 0.1) is 24.3 Å². The highest BCUT2D eigenvalue weighted by molar-refractivity contribution is 6.04. The molecule has 1 heterocycles. The molecular formula is C23H22N2O4. The van der Waals surface area contributed by atoms with Gasteiger partial charge in [-0.1, -0.05) is 29.8 Å². The zero-order valence-corrected chi connectivity index (χ0v) is 16.3. The van der Waals surface area contributed by atoms with E-state index < -0.39 is 5.97 Å². The molecule has 1 aromatic heterocycles. The molecule has 0 unspecified atom stereocenters. The number of pyridine rings is 1. The molecule has 1 N–H and O–H groups in total. The fourth-order valence-corrected chi connectivity index (χ4v) is 2.79. The first-order valence-corrected chi connectivity index (χ1v) is 9.31. The first-order chi connectivity index (χ1) is 14.0. The van der Waals surface area contributed by atoms with E-state index in [4.69, 9.17) is 4.74 Å². The van der Waals surface area contributed by atoms with Crippen LogP contribution >= 0.6 is 0 Å². The summed E-state index contributed by atoms with van der Waals surface area (Å²) in [4.78, 5) is 36.4. The van der Waals surface area contributed by atoms with Crippen molar-refractivity contribution in [3.8, 4) is 0 Å². The van der Waals surface area contributed by atoms with Crippen molar-refractivity contribution in [2.24, 2.45) is 0 Å². The largest absolute Gasteiger partial charge is 0.462 e. The normalized spacial score (nSPS) is 10.4. The molecule has 0 radical (unpaired) electrons. The van der Waals surface area contributed by atoms with Crippen molar-refractivity contribution < 1.29 is 14.3 Å². The predicted octanol–water partition coefficient (Wildman–Crippen LogP) is 3.63. The van der Waals surface area contributed by atoms with Crippen LogP contribution in [0, 0.1) is 6.92 Å². The van der Waals surface area contributed by atoms with Gasteiger partial charge in [0.2, 0.25) is 0 Å². The van der Waals surface area contributed by atoms with Gasteiger partial charge in [-0.15, -0.1) is 0 Å². The summed E-state index contributed by atoms with van der Waals surface area (Å²) >= 11 is 0. The third-order valence-electron chi connectivity index (χ3n) is 4.37. The van der Waals surface area contributed by atoms with Gasteiger partial charge in [-0.25, -0.2) is 4.79 Å². The quantitative estimate of drug-likeness (QED) is 0.652. The second-order valence-corrected chi connectivity index (χ2v) is 6.62. The smallest absolute Gasteiger partial charge is 0.338 e. The van der Waals surface area contributed by atoms with Crippen LogP contribution in [0.3, 0.4) is 0 Å². The molecule has 2 aromatic carbocycles. The zero-order chi connectivity index (χ0) is 20.8. The average Bonchev–Trinajstić information content (AvgIpc) is 2.72. The highest BCUT2D eigenvalue weighted by Gasteiger charge is 2.10. The molecule has 0 bridgehead atoms. The summed E-state index contributed by atoms with van der Waals surface area (Å²) in [6.45, 7) is 4.43. The van der Waals surface area contributed by atoms with Crippen molar-refractivity contribution in [3.63, 3.8) is 0 Å². The van der Waals surface area contributed by atoms with E-state index in [9.17, 15) is 14.4 Å². The van der Waals surface area contributed by atoms with Gasteiger partial charge in [0.1, 0.15) is 0 Å². The van der Waals surface area contributed by atoms with Gasteiger partial charge in [0.15, 0.2) is 0 Å². The number of esters is 1. The summed E-state index contributed by atoms with van der Waals surface area (Å²) in [6, 6.07) is 17.2. The minimum absolute atomic E-state index is 0.180. The molecule has 3 aromatic rings. The average molecular weight is 390 g/mol. The molecule has 1 amide bonds. The highest BCUT2D eigenvalue weighted by Crippen LogP contribution is 2.12. The van der Waals surface area contributed by atoms with E-state index in [0.717, 1.165) is 11.1 Å². The number of ether oxygens (including phenoxy) is 1. The standard InChI is InChI=1S/C23H22N2O4/c1-3-29-23(28)18-8-11-20(12-9-18)24-22(27)19-10-13-21(26)25(15-19)14-17-6-4-16(2)5-7-17/h4-13,15H,3,14H2,1-2H3,(H,24,27). The summed E-state index contributed by atoms with van der Waals surface area (Å²) in [5.41, 5.74) is 3.26. The Hall–Kier alpha value is -3.67. The molecule has 0 saturated carbocycles. The number of carbonyl (C=O) groups is 2.